The van der Waals surface area contributed by atoms with Crippen LogP contribution in [0.4, 0.5) is 10.1 Å². The van der Waals surface area contributed by atoms with Gasteiger partial charge >= 0.3 is 5.97 Å². The van der Waals surface area contributed by atoms with E-state index in [0.29, 0.717) is 40.1 Å². The number of hydrogen-bond donors (Lipinski definition) is 0. The van der Waals surface area contributed by atoms with E-state index in [4.69, 9.17) is 25.8 Å². The lowest BCUT2D eigenvalue weighted by Gasteiger charge is -2.32. The fourth-order valence-corrected chi connectivity index (χ4v) is 4.54. The monoisotopic (exact) mass is 493 g/mol. The number of rotatable bonds is 6. The Balaban J connectivity index is 1.45. The molecule has 0 aromatic heterocycles. The first-order valence-electron chi connectivity index (χ1n) is 11.0. The average Bonchev–Trinajstić information content (AvgIpc) is 3.24. The van der Waals surface area contributed by atoms with Gasteiger partial charge in [-0.3, -0.25) is 9.69 Å². The van der Waals surface area contributed by atoms with Crippen molar-refractivity contribution >= 4 is 29.2 Å². The third kappa shape index (κ3) is 4.47. The van der Waals surface area contributed by atoms with Gasteiger partial charge in [0.25, 0.3) is 0 Å². The summed E-state index contributed by atoms with van der Waals surface area (Å²) < 4.78 is 30.6. The topological polar surface area (TPSA) is 65.1 Å². The summed E-state index contributed by atoms with van der Waals surface area (Å²) in [5, 5.41) is 0.646. The van der Waals surface area contributed by atoms with Gasteiger partial charge in [-0.05, 0) is 53.6 Å². The van der Waals surface area contributed by atoms with Gasteiger partial charge < -0.3 is 14.2 Å². The third-order valence-electron chi connectivity index (χ3n) is 6.08. The Morgan fingerprint density at radius 3 is 2.60 bits per heavy atom. The number of methoxy groups -OCH3 is 1. The van der Waals surface area contributed by atoms with E-state index >= 15 is 0 Å². The number of cyclic esters (lactones) is 1. The summed E-state index contributed by atoms with van der Waals surface area (Å²) in [6.45, 7) is 0.269. The van der Waals surface area contributed by atoms with Gasteiger partial charge in [0.15, 0.2) is 11.5 Å². The average molecular weight is 494 g/mol. The van der Waals surface area contributed by atoms with E-state index in [9.17, 15) is 14.0 Å². The van der Waals surface area contributed by atoms with Crippen LogP contribution in [0.1, 0.15) is 23.5 Å². The zero-order valence-electron chi connectivity index (χ0n) is 18.8. The lowest BCUT2D eigenvalue weighted by molar-refractivity contribution is -0.136. The molecule has 0 bridgehead atoms. The molecule has 0 aliphatic carbocycles. The van der Waals surface area contributed by atoms with Gasteiger partial charge in [0.2, 0.25) is 5.91 Å². The Labute approximate surface area is 206 Å². The molecule has 1 amide bonds. The number of halogens is 2. The van der Waals surface area contributed by atoms with E-state index in [1.807, 2.05) is 18.2 Å². The second kappa shape index (κ2) is 9.43. The predicted octanol–water partition coefficient (Wildman–Crippen LogP) is 5.40. The van der Waals surface area contributed by atoms with Crippen molar-refractivity contribution in [1.29, 1.82) is 0 Å². The lowest BCUT2D eigenvalue weighted by Crippen LogP contribution is -2.37. The van der Waals surface area contributed by atoms with E-state index in [2.05, 4.69) is 0 Å². The highest BCUT2D eigenvalue weighted by molar-refractivity contribution is 6.30. The quantitative estimate of drug-likeness (QED) is 0.430. The zero-order valence-corrected chi connectivity index (χ0v) is 19.5. The highest BCUT2D eigenvalue weighted by Gasteiger charge is 2.43. The molecule has 0 saturated carbocycles. The number of ether oxygens (including phenoxy) is 3. The van der Waals surface area contributed by atoms with Gasteiger partial charge in [-0.25, -0.2) is 9.18 Å². The van der Waals surface area contributed by atoms with E-state index in [1.54, 1.807) is 30.3 Å². The summed E-state index contributed by atoms with van der Waals surface area (Å²) in [7, 11) is 1.53. The van der Waals surface area contributed by atoms with Crippen molar-refractivity contribution in [2.24, 2.45) is 0 Å². The standard InChI is InChI=1S/C27H21ClFNO5/c1-33-24-11-17(7-10-23(24)34-14-16-5-8-18(28)9-6-16)21-13-25(31)30(20-4-2-3-19(29)12-20)22-15-35-27(32)26(21)22/h2-12,21H,13-15H2,1H3. The summed E-state index contributed by atoms with van der Waals surface area (Å²) in [5.41, 5.74) is 2.86. The van der Waals surface area contributed by atoms with Crippen LogP contribution in [-0.2, 0) is 20.9 Å². The van der Waals surface area contributed by atoms with Crippen LogP contribution >= 0.6 is 11.6 Å². The van der Waals surface area contributed by atoms with Gasteiger partial charge in [-0.15, -0.1) is 0 Å². The maximum absolute atomic E-state index is 13.8. The molecule has 3 aromatic carbocycles. The van der Waals surface area contributed by atoms with Crippen molar-refractivity contribution in [2.75, 3.05) is 18.6 Å². The molecule has 8 heteroatoms. The molecule has 35 heavy (non-hydrogen) atoms. The van der Waals surface area contributed by atoms with Crippen LogP contribution in [-0.4, -0.2) is 25.6 Å². The second-order valence-electron chi connectivity index (χ2n) is 8.23. The van der Waals surface area contributed by atoms with E-state index in [-0.39, 0.29) is 18.9 Å². The maximum Gasteiger partial charge on any atom is 0.336 e. The summed E-state index contributed by atoms with van der Waals surface area (Å²) in [6.07, 6.45) is 0.0264. The van der Waals surface area contributed by atoms with Crippen LogP contribution in [0.3, 0.4) is 0 Å². The minimum atomic E-state index is -0.517. The molecule has 178 valence electrons. The minimum Gasteiger partial charge on any atom is -0.493 e. The third-order valence-corrected chi connectivity index (χ3v) is 6.33. The highest BCUT2D eigenvalue weighted by atomic mass is 35.5. The van der Waals surface area contributed by atoms with Gasteiger partial charge in [0.05, 0.1) is 24.1 Å². The molecule has 0 fully saturated rings. The van der Waals surface area contributed by atoms with Crippen molar-refractivity contribution in [2.45, 2.75) is 18.9 Å². The Hall–Kier alpha value is -3.84. The van der Waals surface area contributed by atoms with Gasteiger partial charge in [-0.1, -0.05) is 35.9 Å². The molecule has 1 atom stereocenters. The maximum atomic E-state index is 13.8. The molecule has 6 nitrogen and oxygen atoms in total. The number of hydrogen-bond acceptors (Lipinski definition) is 5. The largest absolute Gasteiger partial charge is 0.493 e. The number of carbonyl (C=O) groups is 2. The van der Waals surface area contributed by atoms with Crippen molar-refractivity contribution in [1.82, 2.24) is 0 Å². The molecule has 2 aliphatic heterocycles. The van der Waals surface area contributed by atoms with Gasteiger partial charge in [-0.2, -0.15) is 0 Å². The van der Waals surface area contributed by atoms with Crippen LogP contribution < -0.4 is 14.4 Å². The first-order valence-corrected chi connectivity index (χ1v) is 11.4. The molecule has 0 radical (unpaired) electrons. The number of esters is 1. The minimum absolute atomic E-state index is 0.0264. The molecule has 2 heterocycles. The number of carbonyl (C=O) groups excluding carboxylic acids is 2. The summed E-state index contributed by atoms with van der Waals surface area (Å²) in [5.74, 6) is -0.719. The first-order chi connectivity index (χ1) is 16.9. The van der Waals surface area contributed by atoms with Crippen molar-refractivity contribution in [3.8, 4) is 11.5 Å². The number of nitrogens with zero attached hydrogens (tertiary/aromatic N) is 1. The SMILES string of the molecule is COc1cc(C2CC(=O)N(c3cccc(F)c3)C3=C2C(=O)OC3)ccc1OCc1ccc(Cl)cc1. The normalized spacial score (nSPS) is 17.3. The Morgan fingerprint density at radius 1 is 1.06 bits per heavy atom. The first kappa shape index (κ1) is 22.9. The zero-order chi connectivity index (χ0) is 24.5. The molecular weight excluding hydrogens is 473 g/mol. The molecular formula is C27H21ClFNO5. The fourth-order valence-electron chi connectivity index (χ4n) is 4.42. The fraction of sp³-hybridized carbons (Fsp3) is 0.185. The summed E-state index contributed by atoms with van der Waals surface area (Å²) in [4.78, 5) is 27.2. The summed E-state index contributed by atoms with van der Waals surface area (Å²) >= 11 is 5.94. The van der Waals surface area contributed by atoms with Gasteiger partial charge in [0.1, 0.15) is 19.0 Å². The predicted molar refractivity (Wildman–Crippen MR) is 128 cm³/mol. The number of anilines is 1. The highest BCUT2D eigenvalue weighted by Crippen LogP contribution is 2.43. The van der Waals surface area contributed by atoms with Crippen molar-refractivity contribution < 1.29 is 28.2 Å². The second-order valence-corrected chi connectivity index (χ2v) is 8.66. The van der Waals surface area contributed by atoms with Crippen LogP contribution in [0, 0.1) is 5.82 Å². The van der Waals surface area contributed by atoms with E-state index in [0.717, 1.165) is 11.1 Å². The van der Waals surface area contributed by atoms with Crippen LogP contribution in [0.15, 0.2) is 78.0 Å². The smallest absolute Gasteiger partial charge is 0.336 e. The molecule has 5 rings (SSSR count). The molecule has 3 aromatic rings. The lowest BCUT2D eigenvalue weighted by atomic mass is 9.84. The molecule has 0 N–H and O–H groups in total. The Bertz CT molecular complexity index is 1340. The Morgan fingerprint density at radius 2 is 1.86 bits per heavy atom. The van der Waals surface area contributed by atoms with E-state index in [1.165, 1.54) is 30.2 Å². The van der Waals surface area contributed by atoms with Crippen molar-refractivity contribution in [3.63, 3.8) is 0 Å². The summed E-state index contributed by atoms with van der Waals surface area (Å²) in [6, 6.07) is 18.4. The molecule has 2 aliphatic rings. The van der Waals surface area contributed by atoms with Crippen LogP contribution in [0.5, 0.6) is 11.5 Å². The number of amides is 1. The van der Waals surface area contributed by atoms with Crippen molar-refractivity contribution in [3.05, 3.63) is 100.0 Å². The molecule has 1 unspecified atom stereocenters. The molecule has 0 saturated heterocycles. The molecule has 0 spiro atoms. The Kier molecular flexibility index (Phi) is 6.17. The van der Waals surface area contributed by atoms with E-state index < -0.39 is 17.7 Å². The van der Waals surface area contributed by atoms with Crippen LogP contribution in [0.25, 0.3) is 0 Å². The van der Waals surface area contributed by atoms with Crippen LogP contribution in [0.2, 0.25) is 5.02 Å². The van der Waals surface area contributed by atoms with Gasteiger partial charge in [0, 0.05) is 17.4 Å². The number of benzene rings is 3.